The zero-order valence-corrected chi connectivity index (χ0v) is 16.0. The molecule has 0 aromatic heterocycles. The van der Waals surface area contributed by atoms with Gasteiger partial charge in [0.05, 0.1) is 7.11 Å². The first-order chi connectivity index (χ1) is 9.74. The van der Waals surface area contributed by atoms with E-state index in [-0.39, 0.29) is 29.9 Å². The van der Waals surface area contributed by atoms with E-state index < -0.39 is 0 Å². The summed E-state index contributed by atoms with van der Waals surface area (Å²) in [6, 6.07) is 0. The third-order valence-corrected chi connectivity index (χ3v) is 4.32. The lowest BCUT2D eigenvalue weighted by atomic mass is 10.1. The van der Waals surface area contributed by atoms with Gasteiger partial charge in [-0.25, -0.2) is 0 Å². The number of hydrogen-bond acceptors (Lipinski definition) is 4. The maximum Gasteiger partial charge on any atom is 0.305 e. The van der Waals surface area contributed by atoms with Crippen LogP contribution in [0.1, 0.15) is 38.5 Å². The van der Waals surface area contributed by atoms with Crippen molar-refractivity contribution in [1.29, 1.82) is 0 Å². The number of nitrogens with zero attached hydrogens (tertiary/aromatic N) is 2. The Morgan fingerprint density at radius 3 is 2.48 bits per heavy atom. The van der Waals surface area contributed by atoms with Crippen LogP contribution in [0.2, 0.25) is 0 Å². The number of carbonyl (C=O) groups is 1. The van der Waals surface area contributed by atoms with Gasteiger partial charge in [-0.2, -0.15) is 11.8 Å². The first-order valence-corrected chi connectivity index (χ1v) is 8.59. The third kappa shape index (κ3) is 10.2. The van der Waals surface area contributed by atoms with Gasteiger partial charge in [0.25, 0.3) is 0 Å². The molecule has 1 fully saturated rings. The fraction of sp³-hybridized carbons (Fsp3) is 0.857. The van der Waals surface area contributed by atoms with Crippen LogP contribution >= 0.6 is 35.7 Å². The molecule has 0 atom stereocenters. The van der Waals surface area contributed by atoms with E-state index in [1.807, 2.05) is 11.8 Å². The number of halogens is 1. The molecule has 0 spiro atoms. The van der Waals surface area contributed by atoms with E-state index in [2.05, 4.69) is 14.6 Å². The molecule has 0 aromatic carbocycles. The van der Waals surface area contributed by atoms with E-state index in [4.69, 9.17) is 5.73 Å². The first kappa shape index (κ1) is 20.8. The number of esters is 1. The van der Waals surface area contributed by atoms with E-state index in [1.54, 1.807) is 0 Å². The number of nitrogens with two attached hydrogens (primary N) is 1. The van der Waals surface area contributed by atoms with Crippen LogP contribution in [0.5, 0.6) is 0 Å². The minimum Gasteiger partial charge on any atom is -0.469 e. The van der Waals surface area contributed by atoms with Crippen molar-refractivity contribution in [2.75, 3.05) is 38.2 Å². The van der Waals surface area contributed by atoms with Gasteiger partial charge in [-0.15, -0.1) is 24.0 Å². The maximum atomic E-state index is 10.9. The van der Waals surface area contributed by atoms with Gasteiger partial charge in [0, 0.05) is 37.6 Å². The van der Waals surface area contributed by atoms with Gasteiger partial charge < -0.3 is 15.4 Å². The Balaban J connectivity index is 0.00000400. The molecule has 1 rings (SSSR count). The maximum absolute atomic E-state index is 10.9. The predicted octanol–water partition coefficient (Wildman–Crippen LogP) is 2.48. The lowest BCUT2D eigenvalue weighted by molar-refractivity contribution is -0.140. The molecule has 1 aliphatic heterocycles. The van der Waals surface area contributed by atoms with Gasteiger partial charge in [-0.1, -0.05) is 19.3 Å². The molecule has 5 nitrogen and oxygen atoms in total. The summed E-state index contributed by atoms with van der Waals surface area (Å²) in [5.41, 5.74) is 5.97. The van der Waals surface area contributed by atoms with E-state index in [0.717, 1.165) is 63.2 Å². The number of methoxy groups -OCH3 is 1. The second-order valence-electron chi connectivity index (χ2n) is 4.93. The quantitative estimate of drug-likeness (QED) is 0.211. The highest BCUT2D eigenvalue weighted by Gasteiger charge is 2.11. The predicted molar refractivity (Wildman–Crippen MR) is 101 cm³/mol. The van der Waals surface area contributed by atoms with E-state index >= 15 is 0 Å². The molecule has 0 amide bonds. The van der Waals surface area contributed by atoms with Crippen LogP contribution in [0, 0.1) is 0 Å². The van der Waals surface area contributed by atoms with Gasteiger partial charge in [-0.3, -0.25) is 9.79 Å². The van der Waals surface area contributed by atoms with E-state index in [9.17, 15) is 4.79 Å². The Kier molecular flexibility index (Phi) is 13.4. The lowest BCUT2D eigenvalue weighted by Crippen LogP contribution is -2.42. The van der Waals surface area contributed by atoms with Gasteiger partial charge in [0.15, 0.2) is 5.96 Å². The molecule has 0 aliphatic carbocycles. The number of carbonyl (C=O) groups excluding carboxylic acids is 1. The summed E-state index contributed by atoms with van der Waals surface area (Å²) in [6.07, 6.45) is 5.90. The zero-order valence-electron chi connectivity index (χ0n) is 12.9. The SMILES string of the molecule is COC(=O)CCCCCCCN=C(N)N1CCSCC1.I. The Labute approximate surface area is 149 Å². The molecular formula is C14H28IN3O2S. The van der Waals surface area contributed by atoms with Gasteiger partial charge in [0.2, 0.25) is 0 Å². The molecule has 7 heteroatoms. The molecule has 124 valence electrons. The largest absolute Gasteiger partial charge is 0.469 e. The highest BCUT2D eigenvalue weighted by molar-refractivity contribution is 14.0. The third-order valence-electron chi connectivity index (χ3n) is 3.38. The number of aliphatic imine (C=N–C) groups is 1. The van der Waals surface area contributed by atoms with Crippen molar-refractivity contribution in [2.24, 2.45) is 10.7 Å². The highest BCUT2D eigenvalue weighted by Crippen LogP contribution is 2.09. The Hall–Kier alpha value is -0.180. The Morgan fingerprint density at radius 1 is 1.19 bits per heavy atom. The molecule has 2 N–H and O–H groups in total. The van der Waals surface area contributed by atoms with Crippen molar-refractivity contribution >= 4 is 47.7 Å². The molecule has 0 saturated carbocycles. The van der Waals surface area contributed by atoms with Crippen LogP contribution in [0.25, 0.3) is 0 Å². The topological polar surface area (TPSA) is 67.9 Å². The Bertz CT molecular complexity index is 311. The fourth-order valence-corrected chi connectivity index (χ4v) is 3.00. The average molecular weight is 429 g/mol. The number of unbranched alkanes of at least 4 members (excludes halogenated alkanes) is 4. The average Bonchev–Trinajstić information content (AvgIpc) is 2.50. The second kappa shape index (κ2) is 13.5. The van der Waals surface area contributed by atoms with Crippen molar-refractivity contribution in [2.45, 2.75) is 38.5 Å². The first-order valence-electron chi connectivity index (χ1n) is 7.43. The van der Waals surface area contributed by atoms with E-state index in [0.29, 0.717) is 12.4 Å². The van der Waals surface area contributed by atoms with Crippen LogP contribution in [-0.2, 0) is 9.53 Å². The van der Waals surface area contributed by atoms with Crippen molar-refractivity contribution < 1.29 is 9.53 Å². The fourth-order valence-electron chi connectivity index (χ4n) is 2.10. The molecular weight excluding hydrogens is 401 g/mol. The van der Waals surface area contributed by atoms with Crippen LogP contribution in [0.4, 0.5) is 0 Å². The number of hydrogen-bond donors (Lipinski definition) is 1. The van der Waals surface area contributed by atoms with Crippen molar-refractivity contribution in [3.8, 4) is 0 Å². The molecule has 1 saturated heterocycles. The van der Waals surface area contributed by atoms with Gasteiger partial charge in [-0.05, 0) is 12.8 Å². The van der Waals surface area contributed by atoms with Crippen LogP contribution in [-0.4, -0.2) is 55.1 Å². The Morgan fingerprint density at radius 2 is 1.81 bits per heavy atom. The molecule has 0 bridgehead atoms. The normalized spacial score (nSPS) is 15.5. The van der Waals surface area contributed by atoms with E-state index in [1.165, 1.54) is 7.11 Å². The zero-order chi connectivity index (χ0) is 14.6. The standard InChI is InChI=1S/C14H27N3O2S.HI/c1-19-13(18)7-5-3-2-4-6-8-16-14(15)17-9-11-20-12-10-17;/h2-12H2,1H3,(H2,15,16);1H. The summed E-state index contributed by atoms with van der Waals surface area (Å²) in [7, 11) is 1.44. The molecule has 0 aromatic rings. The number of ether oxygens (including phenoxy) is 1. The minimum absolute atomic E-state index is 0. The molecule has 0 unspecified atom stereocenters. The summed E-state index contributed by atoms with van der Waals surface area (Å²) in [4.78, 5) is 17.5. The lowest BCUT2D eigenvalue weighted by Gasteiger charge is -2.27. The molecule has 1 aliphatic rings. The summed E-state index contributed by atoms with van der Waals surface area (Å²) in [5.74, 6) is 2.89. The molecule has 1 heterocycles. The summed E-state index contributed by atoms with van der Waals surface area (Å²) >= 11 is 1.97. The number of rotatable bonds is 8. The number of guanidine groups is 1. The summed E-state index contributed by atoms with van der Waals surface area (Å²) < 4.78 is 4.60. The highest BCUT2D eigenvalue weighted by atomic mass is 127. The minimum atomic E-state index is -0.109. The smallest absolute Gasteiger partial charge is 0.305 e. The summed E-state index contributed by atoms with van der Waals surface area (Å²) in [6.45, 7) is 2.85. The van der Waals surface area contributed by atoms with Crippen LogP contribution in [0.3, 0.4) is 0 Å². The number of thioether (sulfide) groups is 1. The monoisotopic (exact) mass is 429 g/mol. The van der Waals surface area contributed by atoms with Crippen molar-refractivity contribution in [3.05, 3.63) is 0 Å². The van der Waals surface area contributed by atoms with Gasteiger partial charge >= 0.3 is 5.97 Å². The van der Waals surface area contributed by atoms with Crippen LogP contribution < -0.4 is 5.73 Å². The molecule has 0 radical (unpaired) electrons. The summed E-state index contributed by atoms with van der Waals surface area (Å²) in [5, 5.41) is 0. The van der Waals surface area contributed by atoms with Crippen molar-refractivity contribution in [3.63, 3.8) is 0 Å². The molecule has 21 heavy (non-hydrogen) atoms. The van der Waals surface area contributed by atoms with Crippen molar-refractivity contribution in [1.82, 2.24) is 4.90 Å². The van der Waals surface area contributed by atoms with Crippen LogP contribution in [0.15, 0.2) is 4.99 Å². The second-order valence-corrected chi connectivity index (χ2v) is 6.16. The van der Waals surface area contributed by atoms with Gasteiger partial charge in [0.1, 0.15) is 0 Å².